The molecule has 0 aliphatic carbocycles. The lowest BCUT2D eigenvalue weighted by Gasteiger charge is -2.35. The van der Waals surface area contributed by atoms with Gasteiger partial charge in [0, 0.05) is 36.7 Å². The number of unbranched alkanes of at least 4 members (excludes halogenated alkanes) is 3. The van der Waals surface area contributed by atoms with Gasteiger partial charge in [0.2, 0.25) is 21.8 Å². The van der Waals surface area contributed by atoms with Crippen molar-refractivity contribution < 1.29 is 18.0 Å². The molecule has 0 saturated carbocycles. The van der Waals surface area contributed by atoms with Crippen molar-refractivity contribution in [3.05, 3.63) is 24.3 Å². The average molecular weight is 452 g/mol. The van der Waals surface area contributed by atoms with Crippen molar-refractivity contribution in [1.82, 2.24) is 9.62 Å². The minimum absolute atomic E-state index is 0.0903. The van der Waals surface area contributed by atoms with E-state index in [1.54, 1.807) is 12.1 Å². The lowest BCUT2D eigenvalue weighted by Crippen LogP contribution is -2.45. The van der Waals surface area contributed by atoms with Crippen LogP contribution in [0.4, 0.5) is 5.69 Å². The van der Waals surface area contributed by atoms with Crippen LogP contribution in [0.15, 0.2) is 29.2 Å². The largest absolute Gasteiger partial charge is 0.342 e. The van der Waals surface area contributed by atoms with Crippen molar-refractivity contribution in [2.24, 2.45) is 11.3 Å². The zero-order valence-electron chi connectivity index (χ0n) is 19.2. The van der Waals surface area contributed by atoms with Crippen LogP contribution in [-0.2, 0) is 19.6 Å². The molecule has 2 rings (SSSR count). The quantitative estimate of drug-likeness (QED) is 0.559. The van der Waals surface area contributed by atoms with Crippen LogP contribution < -0.4 is 10.0 Å². The summed E-state index contributed by atoms with van der Waals surface area (Å²) in [4.78, 5) is 27.0. The van der Waals surface area contributed by atoms with Gasteiger partial charge < -0.3 is 10.2 Å². The summed E-state index contributed by atoms with van der Waals surface area (Å²) in [7, 11) is -3.54. The first-order valence-electron chi connectivity index (χ1n) is 11.2. The highest BCUT2D eigenvalue weighted by atomic mass is 32.2. The van der Waals surface area contributed by atoms with Gasteiger partial charge in [-0.3, -0.25) is 9.59 Å². The molecule has 31 heavy (non-hydrogen) atoms. The number of piperidine rings is 1. The van der Waals surface area contributed by atoms with Crippen LogP contribution in [0, 0.1) is 11.3 Å². The number of amides is 2. The Hall–Kier alpha value is -1.93. The number of carbonyl (C=O) groups is 2. The molecule has 174 valence electrons. The van der Waals surface area contributed by atoms with E-state index in [-0.39, 0.29) is 22.6 Å². The van der Waals surface area contributed by atoms with Crippen LogP contribution in [0.25, 0.3) is 0 Å². The molecule has 1 aliphatic heterocycles. The van der Waals surface area contributed by atoms with Gasteiger partial charge in [-0.1, -0.05) is 47.0 Å². The molecular weight excluding hydrogens is 414 g/mol. The predicted molar refractivity (Wildman–Crippen MR) is 123 cm³/mol. The van der Waals surface area contributed by atoms with E-state index in [1.807, 2.05) is 25.7 Å². The van der Waals surface area contributed by atoms with Crippen molar-refractivity contribution >= 4 is 27.5 Å². The van der Waals surface area contributed by atoms with Crippen molar-refractivity contribution in [2.45, 2.75) is 71.1 Å². The molecule has 1 saturated heterocycles. The fourth-order valence-electron chi connectivity index (χ4n) is 3.62. The lowest BCUT2D eigenvalue weighted by atomic mass is 9.90. The van der Waals surface area contributed by atoms with Gasteiger partial charge in [0.25, 0.3) is 0 Å². The number of sulfonamides is 1. The lowest BCUT2D eigenvalue weighted by molar-refractivity contribution is -0.142. The first kappa shape index (κ1) is 25.3. The van der Waals surface area contributed by atoms with E-state index in [0.717, 1.165) is 25.7 Å². The maximum atomic E-state index is 12.6. The highest BCUT2D eigenvalue weighted by molar-refractivity contribution is 7.89. The molecule has 1 fully saturated rings. The second-order valence-electron chi connectivity index (χ2n) is 9.29. The van der Waals surface area contributed by atoms with Crippen molar-refractivity contribution in [1.29, 1.82) is 0 Å². The molecule has 1 aromatic rings. The third-order valence-electron chi connectivity index (χ3n) is 5.55. The number of nitrogens with zero attached hydrogens (tertiary/aromatic N) is 1. The van der Waals surface area contributed by atoms with E-state index in [2.05, 4.69) is 17.0 Å². The number of hydrogen-bond donors (Lipinski definition) is 2. The Labute approximate surface area is 187 Å². The van der Waals surface area contributed by atoms with Crippen molar-refractivity contribution in [3.8, 4) is 0 Å². The van der Waals surface area contributed by atoms with Gasteiger partial charge in [0.15, 0.2) is 0 Å². The number of likely N-dealkylation sites (tertiary alicyclic amines) is 1. The summed E-state index contributed by atoms with van der Waals surface area (Å²) < 4.78 is 27.4. The highest BCUT2D eigenvalue weighted by Crippen LogP contribution is 2.25. The second-order valence-corrected chi connectivity index (χ2v) is 11.1. The van der Waals surface area contributed by atoms with E-state index in [4.69, 9.17) is 0 Å². The number of hydrogen-bond acceptors (Lipinski definition) is 4. The van der Waals surface area contributed by atoms with E-state index in [0.29, 0.717) is 38.2 Å². The van der Waals surface area contributed by atoms with Crippen molar-refractivity contribution in [2.75, 3.05) is 25.0 Å². The van der Waals surface area contributed by atoms with Gasteiger partial charge in [0.1, 0.15) is 0 Å². The maximum absolute atomic E-state index is 12.6. The molecule has 0 radical (unpaired) electrons. The number of rotatable bonds is 9. The molecule has 0 bridgehead atoms. The number of anilines is 1. The Morgan fingerprint density at radius 1 is 1.03 bits per heavy atom. The molecule has 1 aromatic carbocycles. The first-order valence-corrected chi connectivity index (χ1v) is 12.7. The number of benzene rings is 1. The number of nitrogens with one attached hydrogen (secondary N) is 2. The topological polar surface area (TPSA) is 95.6 Å². The van der Waals surface area contributed by atoms with Crippen LogP contribution in [-0.4, -0.2) is 44.8 Å². The van der Waals surface area contributed by atoms with Crippen LogP contribution in [0.3, 0.4) is 0 Å². The van der Waals surface area contributed by atoms with Gasteiger partial charge in [0.05, 0.1) is 4.90 Å². The van der Waals surface area contributed by atoms with Gasteiger partial charge in [-0.25, -0.2) is 13.1 Å². The van der Waals surface area contributed by atoms with Crippen molar-refractivity contribution in [3.63, 3.8) is 0 Å². The Morgan fingerprint density at radius 2 is 1.65 bits per heavy atom. The van der Waals surface area contributed by atoms with Gasteiger partial charge >= 0.3 is 0 Å². The van der Waals surface area contributed by atoms with Gasteiger partial charge in [-0.15, -0.1) is 0 Å². The smallest absolute Gasteiger partial charge is 0.240 e. The summed E-state index contributed by atoms with van der Waals surface area (Å²) in [6.45, 7) is 9.41. The summed E-state index contributed by atoms with van der Waals surface area (Å²) in [5.74, 6) is -0.133. The molecule has 0 aromatic heterocycles. The predicted octanol–water partition coefficient (Wildman–Crippen LogP) is 3.77. The standard InChI is InChI=1S/C23H37N3O4S/c1-5-6-7-8-15-24-31(29,30)20-11-9-19(10-12-20)25-21(27)18-13-16-26(17-14-18)22(28)23(2,3)4/h9-12,18,24H,5-8,13-17H2,1-4H3,(H,25,27). The number of carbonyl (C=O) groups excluding carboxylic acids is 2. The maximum Gasteiger partial charge on any atom is 0.240 e. The second kappa shape index (κ2) is 11.1. The fourth-order valence-corrected chi connectivity index (χ4v) is 4.70. The molecular formula is C23H37N3O4S. The Morgan fingerprint density at radius 3 is 2.19 bits per heavy atom. The Kier molecular flexibility index (Phi) is 9.06. The minimum atomic E-state index is -3.54. The summed E-state index contributed by atoms with van der Waals surface area (Å²) >= 11 is 0. The zero-order chi connectivity index (χ0) is 23.1. The van der Waals surface area contributed by atoms with E-state index < -0.39 is 15.4 Å². The zero-order valence-corrected chi connectivity index (χ0v) is 20.1. The molecule has 2 amide bonds. The fraction of sp³-hybridized carbons (Fsp3) is 0.652. The highest BCUT2D eigenvalue weighted by Gasteiger charge is 2.32. The third kappa shape index (κ3) is 7.61. The minimum Gasteiger partial charge on any atom is -0.342 e. The molecule has 7 nitrogen and oxygen atoms in total. The third-order valence-corrected chi connectivity index (χ3v) is 7.03. The summed E-state index contributed by atoms with van der Waals surface area (Å²) in [6, 6.07) is 6.24. The molecule has 0 spiro atoms. The molecule has 8 heteroatoms. The monoisotopic (exact) mass is 451 g/mol. The molecule has 2 N–H and O–H groups in total. The van der Waals surface area contributed by atoms with Crippen LogP contribution >= 0.6 is 0 Å². The Balaban J connectivity index is 1.85. The average Bonchev–Trinajstić information content (AvgIpc) is 2.73. The summed E-state index contributed by atoms with van der Waals surface area (Å²) in [6.07, 6.45) is 5.29. The Bertz CT molecular complexity index is 837. The molecule has 1 heterocycles. The van der Waals surface area contributed by atoms with Gasteiger partial charge in [-0.2, -0.15) is 0 Å². The molecule has 1 aliphatic rings. The molecule has 0 atom stereocenters. The summed E-state index contributed by atoms with van der Waals surface area (Å²) in [5, 5.41) is 2.87. The van der Waals surface area contributed by atoms with Crippen LogP contribution in [0.1, 0.15) is 66.2 Å². The SMILES string of the molecule is CCCCCCNS(=O)(=O)c1ccc(NC(=O)C2CCN(C(=O)C(C)(C)C)CC2)cc1. The van der Waals surface area contributed by atoms with Crippen LogP contribution in [0.2, 0.25) is 0 Å². The first-order chi connectivity index (χ1) is 14.5. The molecule has 0 unspecified atom stereocenters. The van der Waals surface area contributed by atoms with E-state index in [9.17, 15) is 18.0 Å². The van der Waals surface area contributed by atoms with Crippen LogP contribution in [0.5, 0.6) is 0 Å². The normalized spacial score (nSPS) is 15.7. The van der Waals surface area contributed by atoms with E-state index >= 15 is 0 Å². The van der Waals surface area contributed by atoms with Gasteiger partial charge in [-0.05, 0) is 43.5 Å². The summed E-state index contributed by atoms with van der Waals surface area (Å²) in [5.41, 5.74) is 0.154. The van der Waals surface area contributed by atoms with E-state index in [1.165, 1.54) is 12.1 Å².